The van der Waals surface area contributed by atoms with Gasteiger partial charge >= 0.3 is 12.1 Å². The van der Waals surface area contributed by atoms with Crippen molar-refractivity contribution in [1.29, 1.82) is 0 Å². The predicted molar refractivity (Wildman–Crippen MR) is 155 cm³/mol. The molecule has 1 aliphatic rings. The van der Waals surface area contributed by atoms with E-state index in [4.69, 9.17) is 14.2 Å². The van der Waals surface area contributed by atoms with Gasteiger partial charge in [-0.25, -0.2) is 22.4 Å². The van der Waals surface area contributed by atoms with Gasteiger partial charge in [0.15, 0.2) is 5.60 Å². The molecule has 10 nitrogen and oxygen atoms in total. The second-order valence-corrected chi connectivity index (χ2v) is 12.7. The molecule has 0 saturated carbocycles. The first-order valence-corrected chi connectivity index (χ1v) is 15.2. The second-order valence-electron chi connectivity index (χ2n) is 10.8. The van der Waals surface area contributed by atoms with E-state index in [0.29, 0.717) is 12.2 Å². The molecule has 2 atom stereocenters. The fourth-order valence-electron chi connectivity index (χ4n) is 4.60. The number of carbonyl (C=O) groups excluding carboxylic acids is 1. The zero-order chi connectivity index (χ0) is 31.2. The molecule has 0 unspecified atom stereocenters. The molecule has 43 heavy (non-hydrogen) atoms. The molecule has 0 radical (unpaired) electrons. The monoisotopic (exact) mass is 614 g/mol. The molecule has 1 heterocycles. The van der Waals surface area contributed by atoms with Gasteiger partial charge in [-0.3, -0.25) is 0 Å². The highest BCUT2D eigenvalue weighted by Crippen LogP contribution is 2.40. The van der Waals surface area contributed by atoms with E-state index >= 15 is 0 Å². The van der Waals surface area contributed by atoms with Gasteiger partial charge in [0.2, 0.25) is 16.3 Å². The molecule has 0 bridgehead atoms. The lowest BCUT2D eigenvalue weighted by atomic mass is 9.87. The molecular formula is C31H35FN2O8S. The van der Waals surface area contributed by atoms with Crippen LogP contribution in [0.25, 0.3) is 0 Å². The van der Waals surface area contributed by atoms with Gasteiger partial charge in [-0.15, -0.1) is 0 Å². The fourth-order valence-corrected chi connectivity index (χ4v) is 6.21. The van der Waals surface area contributed by atoms with Crippen LogP contribution in [0, 0.1) is 11.7 Å². The van der Waals surface area contributed by atoms with Crippen LogP contribution in [0.1, 0.15) is 31.9 Å². The number of hydrogen-bond acceptors (Lipinski definition) is 7. The summed E-state index contributed by atoms with van der Waals surface area (Å²) in [7, 11) is -4.01. The van der Waals surface area contributed by atoms with Crippen LogP contribution in [0.3, 0.4) is 0 Å². The van der Waals surface area contributed by atoms with Crippen molar-refractivity contribution in [1.82, 2.24) is 9.62 Å². The summed E-state index contributed by atoms with van der Waals surface area (Å²) in [4.78, 5) is 24.1. The lowest BCUT2D eigenvalue weighted by molar-refractivity contribution is -0.140. The first kappa shape index (κ1) is 31.9. The van der Waals surface area contributed by atoms with Crippen LogP contribution in [-0.4, -0.2) is 61.9 Å². The van der Waals surface area contributed by atoms with E-state index in [1.165, 1.54) is 47.6 Å². The molecule has 3 aromatic rings. The molecule has 4 rings (SSSR count). The summed E-state index contributed by atoms with van der Waals surface area (Å²) in [6, 6.07) is 19.3. The van der Waals surface area contributed by atoms with E-state index in [1.54, 1.807) is 12.1 Å². The minimum Gasteiger partial charge on any atom is -0.480 e. The maximum atomic E-state index is 13.9. The zero-order valence-electron chi connectivity index (χ0n) is 24.1. The van der Waals surface area contributed by atoms with E-state index in [2.05, 4.69) is 5.32 Å². The molecule has 12 heteroatoms. The number of nitrogens with zero attached hydrogens (tertiary/aromatic N) is 1. The van der Waals surface area contributed by atoms with Crippen molar-refractivity contribution in [2.75, 3.05) is 19.7 Å². The van der Waals surface area contributed by atoms with Crippen molar-refractivity contribution in [3.05, 3.63) is 95.8 Å². The number of rotatable bonds is 13. The summed E-state index contributed by atoms with van der Waals surface area (Å²) >= 11 is 0. The van der Waals surface area contributed by atoms with Crippen LogP contribution >= 0.6 is 0 Å². The van der Waals surface area contributed by atoms with E-state index < -0.39 is 45.8 Å². The Bertz CT molecular complexity index is 1530. The number of sulfonamides is 1. The van der Waals surface area contributed by atoms with Gasteiger partial charge < -0.3 is 24.6 Å². The summed E-state index contributed by atoms with van der Waals surface area (Å²) in [5.74, 6) is -1.30. The Morgan fingerprint density at radius 2 is 1.70 bits per heavy atom. The number of hydrogen-bond donors (Lipinski definition) is 2. The summed E-state index contributed by atoms with van der Waals surface area (Å²) < 4.78 is 59.0. The first-order chi connectivity index (χ1) is 20.4. The van der Waals surface area contributed by atoms with Gasteiger partial charge in [-0.1, -0.05) is 62.4 Å². The van der Waals surface area contributed by atoms with E-state index in [9.17, 15) is 27.5 Å². The molecule has 1 fully saturated rings. The number of carboxylic acid groups (broad SMARTS) is 1. The van der Waals surface area contributed by atoms with Crippen LogP contribution in [0.4, 0.5) is 9.18 Å². The van der Waals surface area contributed by atoms with Crippen molar-refractivity contribution < 1.29 is 41.7 Å². The molecule has 2 N–H and O–H groups in total. The highest BCUT2D eigenvalue weighted by molar-refractivity contribution is 7.89. The third-order valence-corrected chi connectivity index (χ3v) is 8.56. The predicted octanol–water partition coefficient (Wildman–Crippen LogP) is 4.55. The summed E-state index contributed by atoms with van der Waals surface area (Å²) in [5.41, 5.74) is 0.0865. The van der Waals surface area contributed by atoms with Crippen LogP contribution in [-0.2, 0) is 36.3 Å². The number of halogens is 1. The highest BCUT2D eigenvalue weighted by Gasteiger charge is 2.52. The normalized spacial score (nSPS) is 16.1. The molecule has 1 saturated heterocycles. The Kier molecular flexibility index (Phi) is 10.0. The van der Waals surface area contributed by atoms with Crippen LogP contribution in [0.2, 0.25) is 0 Å². The average molecular weight is 615 g/mol. The fraction of sp³-hybridized carbons (Fsp3) is 0.355. The second kappa shape index (κ2) is 13.5. The molecule has 0 aromatic heterocycles. The van der Waals surface area contributed by atoms with Crippen molar-refractivity contribution in [3.8, 4) is 5.75 Å². The van der Waals surface area contributed by atoms with Gasteiger partial charge in [-0.05, 0) is 48.2 Å². The van der Waals surface area contributed by atoms with Crippen molar-refractivity contribution in [3.63, 3.8) is 0 Å². The summed E-state index contributed by atoms with van der Waals surface area (Å²) in [6.07, 6.45) is -2.04. The van der Waals surface area contributed by atoms with E-state index in [0.717, 1.165) is 5.56 Å². The SMILES string of the molecule is CC(C)CO[C@H](C)OC(=O)N[C@@H](Cc1cccc(S(=O)(=O)N2CC(Oc3cccc(F)c3)(c3ccccc3)C2)c1)C(=O)O. The largest absolute Gasteiger partial charge is 0.480 e. The van der Waals surface area contributed by atoms with Crippen LogP contribution < -0.4 is 10.1 Å². The van der Waals surface area contributed by atoms with E-state index in [-0.39, 0.29) is 36.1 Å². The molecule has 1 aliphatic heterocycles. The number of nitrogens with one attached hydrogen (secondary N) is 1. The minimum atomic E-state index is -4.01. The maximum Gasteiger partial charge on any atom is 0.410 e. The third-order valence-electron chi connectivity index (χ3n) is 6.78. The quantitative estimate of drug-likeness (QED) is 0.268. The standard InChI is InChI=1S/C31H35FN2O8S/c1-21(2)18-40-22(3)41-30(37)33-28(29(35)36)16-23-9-7-14-27(15-23)43(38,39)34-19-31(20-34,24-10-5-4-6-11-24)42-26-13-8-12-25(32)17-26/h4-15,17,21-22,28H,16,18-20H2,1-3H3,(H,33,37)(H,35,36)/t22-,28-/m0/s1. The van der Waals surface area contributed by atoms with Crippen molar-refractivity contribution in [2.45, 2.75) is 50.0 Å². The Hall–Kier alpha value is -4.00. The lowest BCUT2D eigenvalue weighted by Crippen LogP contribution is -2.64. The van der Waals surface area contributed by atoms with Crippen molar-refractivity contribution in [2.24, 2.45) is 5.92 Å². The number of alkyl carbamates (subject to hydrolysis) is 1. The van der Waals surface area contributed by atoms with E-state index in [1.807, 2.05) is 44.2 Å². The molecule has 230 valence electrons. The van der Waals surface area contributed by atoms with Gasteiger partial charge in [0.25, 0.3) is 0 Å². The molecular weight excluding hydrogens is 579 g/mol. The van der Waals surface area contributed by atoms with Gasteiger partial charge in [0, 0.05) is 12.5 Å². The Morgan fingerprint density at radius 3 is 2.35 bits per heavy atom. The molecule has 0 aliphatic carbocycles. The van der Waals surface area contributed by atoms with Crippen molar-refractivity contribution >= 4 is 22.1 Å². The molecule has 0 spiro atoms. The number of benzene rings is 3. The van der Waals surface area contributed by atoms with Gasteiger partial charge in [0.1, 0.15) is 17.6 Å². The topological polar surface area (TPSA) is 131 Å². The number of carbonyl (C=O) groups is 2. The Labute approximate surface area is 250 Å². The zero-order valence-corrected chi connectivity index (χ0v) is 24.9. The number of amides is 1. The highest BCUT2D eigenvalue weighted by atomic mass is 32.2. The van der Waals surface area contributed by atoms with Crippen LogP contribution in [0.15, 0.2) is 83.8 Å². The first-order valence-electron chi connectivity index (χ1n) is 13.8. The third kappa shape index (κ3) is 8.09. The Balaban J connectivity index is 1.47. The summed E-state index contributed by atoms with van der Waals surface area (Å²) in [5, 5.41) is 12.0. The molecule has 1 amide bonds. The lowest BCUT2D eigenvalue weighted by Gasteiger charge is -2.48. The average Bonchev–Trinajstić information content (AvgIpc) is 2.93. The van der Waals surface area contributed by atoms with Crippen LogP contribution in [0.5, 0.6) is 5.75 Å². The maximum absolute atomic E-state index is 13.9. The van der Waals surface area contributed by atoms with Gasteiger partial charge in [0.05, 0.1) is 24.6 Å². The summed E-state index contributed by atoms with van der Waals surface area (Å²) in [6.45, 7) is 5.70. The molecule has 3 aromatic carbocycles. The number of ether oxygens (including phenoxy) is 3. The minimum absolute atomic E-state index is 0.0255. The van der Waals surface area contributed by atoms with Gasteiger partial charge in [-0.2, -0.15) is 4.31 Å². The Morgan fingerprint density at radius 1 is 1.00 bits per heavy atom. The number of aliphatic carboxylic acids is 1. The smallest absolute Gasteiger partial charge is 0.410 e. The number of carboxylic acids is 1.